The third kappa shape index (κ3) is 2.15. The predicted molar refractivity (Wildman–Crippen MR) is 67.2 cm³/mol. The van der Waals surface area contributed by atoms with Crippen molar-refractivity contribution in [3.05, 3.63) is 35.9 Å². The van der Waals surface area contributed by atoms with Crippen LogP contribution < -0.4 is 0 Å². The van der Waals surface area contributed by atoms with E-state index in [0.29, 0.717) is 0 Å². The molecular weight excluding hydrogens is 194 g/mol. The van der Waals surface area contributed by atoms with Crippen LogP contribution in [0.3, 0.4) is 0 Å². The standard InChI is InChI=1S/C15H21N/c1-2-6-13(7-3-1)10-16-11-14-8-4-5-9-15(14)12-16/h1-3,6-7,14-15H,4-5,8-12H2. The van der Waals surface area contributed by atoms with Crippen LogP contribution in [-0.4, -0.2) is 18.0 Å². The number of hydrogen-bond acceptors (Lipinski definition) is 1. The minimum atomic E-state index is 1.01. The van der Waals surface area contributed by atoms with Gasteiger partial charge >= 0.3 is 0 Å². The fourth-order valence-electron chi connectivity index (χ4n) is 3.47. The Morgan fingerprint density at radius 3 is 2.19 bits per heavy atom. The van der Waals surface area contributed by atoms with Crippen molar-refractivity contribution in [1.82, 2.24) is 4.90 Å². The molecule has 0 bridgehead atoms. The summed E-state index contributed by atoms with van der Waals surface area (Å²) in [5.41, 5.74) is 1.47. The third-order valence-corrected chi connectivity index (χ3v) is 4.30. The molecule has 0 radical (unpaired) electrons. The molecule has 1 saturated carbocycles. The number of nitrogens with zero attached hydrogens (tertiary/aromatic N) is 1. The van der Waals surface area contributed by atoms with E-state index in [9.17, 15) is 0 Å². The molecular formula is C15H21N. The number of rotatable bonds is 2. The van der Waals surface area contributed by atoms with Gasteiger partial charge in [0.05, 0.1) is 0 Å². The monoisotopic (exact) mass is 215 g/mol. The highest BCUT2D eigenvalue weighted by atomic mass is 15.2. The lowest BCUT2D eigenvalue weighted by atomic mass is 9.82. The molecule has 0 spiro atoms. The van der Waals surface area contributed by atoms with Gasteiger partial charge in [0.15, 0.2) is 0 Å². The largest absolute Gasteiger partial charge is 0.299 e. The smallest absolute Gasteiger partial charge is 0.0233 e. The SMILES string of the molecule is c1ccc(CN2CC3CCCCC3C2)cc1. The van der Waals surface area contributed by atoms with Gasteiger partial charge in [-0.15, -0.1) is 0 Å². The van der Waals surface area contributed by atoms with Gasteiger partial charge in [0.25, 0.3) is 0 Å². The molecule has 16 heavy (non-hydrogen) atoms. The normalized spacial score (nSPS) is 30.2. The lowest BCUT2D eigenvalue weighted by Gasteiger charge is -2.23. The number of hydrogen-bond donors (Lipinski definition) is 0. The van der Waals surface area contributed by atoms with Gasteiger partial charge in [-0.25, -0.2) is 0 Å². The summed E-state index contributed by atoms with van der Waals surface area (Å²) >= 11 is 0. The zero-order valence-corrected chi connectivity index (χ0v) is 9.94. The molecule has 0 aromatic heterocycles. The average Bonchev–Trinajstić information content (AvgIpc) is 2.72. The van der Waals surface area contributed by atoms with Gasteiger partial charge < -0.3 is 0 Å². The van der Waals surface area contributed by atoms with Gasteiger partial charge in [0.2, 0.25) is 0 Å². The molecule has 2 atom stereocenters. The van der Waals surface area contributed by atoms with Gasteiger partial charge in [0.1, 0.15) is 0 Å². The molecule has 0 N–H and O–H groups in total. The molecule has 86 valence electrons. The van der Waals surface area contributed by atoms with E-state index >= 15 is 0 Å². The van der Waals surface area contributed by atoms with Crippen LogP contribution in [0.4, 0.5) is 0 Å². The van der Waals surface area contributed by atoms with E-state index in [1.54, 1.807) is 0 Å². The molecule has 1 aromatic rings. The molecule has 0 amide bonds. The second kappa shape index (κ2) is 4.58. The van der Waals surface area contributed by atoms with E-state index in [0.717, 1.165) is 18.4 Å². The summed E-state index contributed by atoms with van der Waals surface area (Å²) in [4.78, 5) is 2.66. The first kappa shape index (κ1) is 10.3. The third-order valence-electron chi connectivity index (χ3n) is 4.30. The van der Waals surface area contributed by atoms with Crippen molar-refractivity contribution in [1.29, 1.82) is 0 Å². The first-order valence-electron chi connectivity index (χ1n) is 6.68. The summed E-state index contributed by atoms with van der Waals surface area (Å²) in [6.07, 6.45) is 5.91. The zero-order valence-electron chi connectivity index (χ0n) is 9.94. The van der Waals surface area contributed by atoms with Crippen molar-refractivity contribution in [2.75, 3.05) is 13.1 Å². The second-order valence-corrected chi connectivity index (χ2v) is 5.48. The fourth-order valence-corrected chi connectivity index (χ4v) is 3.47. The molecule has 1 aliphatic heterocycles. The van der Waals surface area contributed by atoms with E-state index in [1.165, 1.54) is 44.3 Å². The highest BCUT2D eigenvalue weighted by Gasteiger charge is 2.33. The van der Waals surface area contributed by atoms with Crippen molar-refractivity contribution in [3.8, 4) is 0 Å². The van der Waals surface area contributed by atoms with E-state index in [-0.39, 0.29) is 0 Å². The number of benzene rings is 1. The fraction of sp³-hybridized carbons (Fsp3) is 0.600. The van der Waals surface area contributed by atoms with Crippen LogP contribution in [0.5, 0.6) is 0 Å². The maximum absolute atomic E-state index is 2.66. The van der Waals surface area contributed by atoms with E-state index < -0.39 is 0 Å². The first-order valence-corrected chi connectivity index (χ1v) is 6.68. The second-order valence-electron chi connectivity index (χ2n) is 5.48. The molecule has 1 aliphatic carbocycles. The molecule has 1 heterocycles. The highest BCUT2D eigenvalue weighted by molar-refractivity contribution is 5.14. The minimum absolute atomic E-state index is 1.01. The Labute approximate surface area is 98.5 Å². The average molecular weight is 215 g/mol. The molecule has 1 aromatic carbocycles. The maximum atomic E-state index is 2.66. The summed E-state index contributed by atoms with van der Waals surface area (Å²) in [7, 11) is 0. The van der Waals surface area contributed by atoms with Crippen LogP contribution in [0.2, 0.25) is 0 Å². The Hall–Kier alpha value is -0.820. The minimum Gasteiger partial charge on any atom is -0.299 e. The van der Waals surface area contributed by atoms with Crippen molar-refractivity contribution in [2.45, 2.75) is 32.2 Å². The lowest BCUT2D eigenvalue weighted by Crippen LogP contribution is -2.20. The summed E-state index contributed by atoms with van der Waals surface area (Å²) in [6, 6.07) is 10.9. The van der Waals surface area contributed by atoms with E-state index in [4.69, 9.17) is 0 Å². The Morgan fingerprint density at radius 1 is 0.938 bits per heavy atom. The Kier molecular flexibility index (Phi) is 2.96. The van der Waals surface area contributed by atoms with E-state index in [2.05, 4.69) is 35.2 Å². The highest BCUT2D eigenvalue weighted by Crippen LogP contribution is 2.36. The van der Waals surface area contributed by atoms with Gasteiger partial charge in [0, 0.05) is 19.6 Å². The van der Waals surface area contributed by atoms with Crippen LogP contribution in [0.15, 0.2) is 30.3 Å². The van der Waals surface area contributed by atoms with Crippen LogP contribution in [0.25, 0.3) is 0 Å². The Bertz CT molecular complexity index is 319. The number of fused-ring (bicyclic) bond motifs is 1. The van der Waals surface area contributed by atoms with Crippen LogP contribution in [-0.2, 0) is 6.54 Å². The number of likely N-dealkylation sites (tertiary alicyclic amines) is 1. The van der Waals surface area contributed by atoms with Crippen molar-refractivity contribution in [3.63, 3.8) is 0 Å². The Balaban J connectivity index is 1.61. The quantitative estimate of drug-likeness (QED) is 0.731. The molecule has 2 fully saturated rings. The molecule has 3 rings (SSSR count). The van der Waals surface area contributed by atoms with Crippen LogP contribution >= 0.6 is 0 Å². The summed E-state index contributed by atoms with van der Waals surface area (Å²) in [6.45, 7) is 3.85. The summed E-state index contributed by atoms with van der Waals surface area (Å²) in [5, 5.41) is 0. The van der Waals surface area contributed by atoms with Crippen molar-refractivity contribution in [2.24, 2.45) is 11.8 Å². The van der Waals surface area contributed by atoms with Crippen molar-refractivity contribution < 1.29 is 0 Å². The molecule has 1 nitrogen and oxygen atoms in total. The van der Waals surface area contributed by atoms with Crippen molar-refractivity contribution >= 4 is 0 Å². The molecule has 1 heteroatoms. The van der Waals surface area contributed by atoms with Crippen LogP contribution in [0, 0.1) is 11.8 Å². The molecule has 2 aliphatic rings. The van der Waals surface area contributed by atoms with E-state index in [1.807, 2.05) is 0 Å². The van der Waals surface area contributed by atoms with Crippen LogP contribution in [0.1, 0.15) is 31.2 Å². The summed E-state index contributed by atoms with van der Waals surface area (Å²) in [5.74, 6) is 2.02. The topological polar surface area (TPSA) is 3.24 Å². The maximum Gasteiger partial charge on any atom is 0.0233 e. The molecule has 1 saturated heterocycles. The van der Waals surface area contributed by atoms with Gasteiger partial charge in [-0.05, 0) is 30.2 Å². The van der Waals surface area contributed by atoms with Gasteiger partial charge in [-0.2, -0.15) is 0 Å². The van der Waals surface area contributed by atoms with Gasteiger partial charge in [-0.3, -0.25) is 4.90 Å². The molecule has 2 unspecified atom stereocenters. The first-order chi connectivity index (χ1) is 7.92. The lowest BCUT2D eigenvalue weighted by molar-refractivity contribution is 0.299. The predicted octanol–water partition coefficient (Wildman–Crippen LogP) is 3.31. The summed E-state index contributed by atoms with van der Waals surface area (Å²) < 4.78 is 0. The zero-order chi connectivity index (χ0) is 10.8. The van der Waals surface area contributed by atoms with Gasteiger partial charge in [-0.1, -0.05) is 43.2 Å². The Morgan fingerprint density at radius 2 is 1.56 bits per heavy atom.